The molecule has 0 radical (unpaired) electrons. The van der Waals surface area contributed by atoms with Crippen molar-refractivity contribution in [1.29, 1.82) is 0 Å². The van der Waals surface area contributed by atoms with Gasteiger partial charge in [0.05, 0.1) is 17.9 Å². The highest BCUT2D eigenvalue weighted by Gasteiger charge is 2.19. The lowest BCUT2D eigenvalue weighted by Crippen LogP contribution is -2.11. The van der Waals surface area contributed by atoms with Crippen LogP contribution in [0.5, 0.6) is 5.75 Å². The number of hydrogen-bond acceptors (Lipinski definition) is 7. The van der Waals surface area contributed by atoms with Crippen LogP contribution in [-0.2, 0) is 0 Å². The SMILES string of the molecule is O=C(Nc1nc(-c2cccc(OC3CCCC3)c2)cs1)c1ccc([N+](=O)[O-])o1. The number of furan rings is 1. The van der Waals surface area contributed by atoms with Gasteiger partial charge in [0, 0.05) is 10.9 Å². The molecule has 9 heteroatoms. The van der Waals surface area contributed by atoms with Crippen LogP contribution in [0.1, 0.15) is 36.2 Å². The predicted molar refractivity (Wildman–Crippen MR) is 104 cm³/mol. The fourth-order valence-electron chi connectivity index (χ4n) is 3.10. The third kappa shape index (κ3) is 4.04. The number of aromatic nitrogens is 1. The zero-order valence-corrected chi connectivity index (χ0v) is 15.6. The first-order valence-electron chi connectivity index (χ1n) is 8.87. The molecule has 28 heavy (non-hydrogen) atoms. The van der Waals surface area contributed by atoms with Gasteiger partial charge in [-0.05, 0) is 43.9 Å². The van der Waals surface area contributed by atoms with Gasteiger partial charge >= 0.3 is 5.88 Å². The molecule has 0 bridgehead atoms. The van der Waals surface area contributed by atoms with E-state index in [-0.39, 0.29) is 11.9 Å². The highest BCUT2D eigenvalue weighted by atomic mass is 32.1. The first-order valence-corrected chi connectivity index (χ1v) is 9.74. The molecule has 1 fully saturated rings. The molecular weight excluding hydrogens is 382 g/mol. The lowest BCUT2D eigenvalue weighted by molar-refractivity contribution is -0.402. The van der Waals surface area contributed by atoms with Gasteiger partial charge in [-0.25, -0.2) is 4.98 Å². The zero-order valence-electron chi connectivity index (χ0n) is 14.8. The maximum absolute atomic E-state index is 12.2. The Labute approximate surface area is 164 Å². The van der Waals surface area contributed by atoms with Crippen LogP contribution in [-0.4, -0.2) is 21.9 Å². The summed E-state index contributed by atoms with van der Waals surface area (Å²) in [4.78, 5) is 26.5. The van der Waals surface area contributed by atoms with Crippen molar-refractivity contribution in [3.05, 3.63) is 57.7 Å². The summed E-state index contributed by atoms with van der Waals surface area (Å²) in [6.45, 7) is 0. The van der Waals surface area contributed by atoms with Crippen LogP contribution < -0.4 is 10.1 Å². The number of nitrogens with one attached hydrogen (secondary N) is 1. The van der Waals surface area contributed by atoms with Crippen LogP contribution in [0.2, 0.25) is 0 Å². The number of amides is 1. The molecule has 1 saturated carbocycles. The Morgan fingerprint density at radius 1 is 1.29 bits per heavy atom. The Kier molecular flexibility index (Phi) is 5.07. The second kappa shape index (κ2) is 7.81. The molecule has 1 aliphatic rings. The van der Waals surface area contributed by atoms with Crippen molar-refractivity contribution >= 4 is 28.3 Å². The molecular formula is C19H17N3O5S. The molecule has 1 aromatic carbocycles. The van der Waals surface area contributed by atoms with Gasteiger partial charge in [-0.15, -0.1) is 11.3 Å². The normalized spacial score (nSPS) is 14.1. The molecule has 4 rings (SSSR count). The minimum atomic E-state index is -0.696. The molecule has 0 spiro atoms. The summed E-state index contributed by atoms with van der Waals surface area (Å²) in [7, 11) is 0. The number of nitro groups is 1. The van der Waals surface area contributed by atoms with Gasteiger partial charge in [0.1, 0.15) is 10.7 Å². The maximum atomic E-state index is 12.2. The first-order chi connectivity index (χ1) is 13.6. The van der Waals surface area contributed by atoms with Crippen molar-refractivity contribution in [2.24, 2.45) is 0 Å². The molecule has 2 aromatic heterocycles. The van der Waals surface area contributed by atoms with E-state index in [0.717, 1.165) is 30.2 Å². The molecule has 1 N–H and O–H groups in total. The van der Waals surface area contributed by atoms with Crippen LogP contribution in [0.3, 0.4) is 0 Å². The van der Waals surface area contributed by atoms with Crippen molar-refractivity contribution in [2.75, 3.05) is 5.32 Å². The van der Waals surface area contributed by atoms with Gasteiger partial charge in [-0.2, -0.15) is 0 Å². The molecule has 3 aromatic rings. The molecule has 2 heterocycles. The zero-order chi connectivity index (χ0) is 19.5. The van der Waals surface area contributed by atoms with Gasteiger partial charge in [-0.1, -0.05) is 12.1 Å². The average Bonchev–Trinajstić information content (AvgIpc) is 3.43. The highest BCUT2D eigenvalue weighted by Crippen LogP contribution is 2.30. The number of hydrogen-bond donors (Lipinski definition) is 1. The number of anilines is 1. The van der Waals surface area contributed by atoms with Gasteiger partial charge in [0.2, 0.25) is 0 Å². The van der Waals surface area contributed by atoms with Crippen LogP contribution in [0, 0.1) is 10.1 Å². The molecule has 0 saturated heterocycles. The number of carbonyl (C=O) groups is 1. The number of rotatable bonds is 6. The lowest BCUT2D eigenvalue weighted by atomic mass is 10.1. The number of carbonyl (C=O) groups excluding carboxylic acids is 1. The van der Waals surface area contributed by atoms with Crippen molar-refractivity contribution < 1.29 is 18.9 Å². The molecule has 0 atom stereocenters. The fourth-order valence-corrected chi connectivity index (χ4v) is 3.81. The molecule has 0 aliphatic heterocycles. The van der Waals surface area contributed by atoms with Gasteiger partial charge < -0.3 is 9.15 Å². The van der Waals surface area contributed by atoms with E-state index in [1.807, 2.05) is 29.6 Å². The Balaban J connectivity index is 1.45. The Hall–Kier alpha value is -3.20. The minimum absolute atomic E-state index is 0.143. The van der Waals surface area contributed by atoms with E-state index in [4.69, 9.17) is 9.15 Å². The Morgan fingerprint density at radius 2 is 2.11 bits per heavy atom. The van der Waals surface area contributed by atoms with E-state index in [1.54, 1.807) is 0 Å². The summed E-state index contributed by atoms with van der Waals surface area (Å²) in [6, 6.07) is 10.1. The van der Waals surface area contributed by atoms with Gasteiger partial charge in [0.15, 0.2) is 10.9 Å². The second-order valence-corrected chi connectivity index (χ2v) is 7.30. The summed E-state index contributed by atoms with van der Waals surface area (Å²) in [5, 5.41) is 15.5. The summed E-state index contributed by atoms with van der Waals surface area (Å²) in [6.07, 6.45) is 4.86. The van der Waals surface area contributed by atoms with Crippen molar-refractivity contribution in [3.8, 4) is 17.0 Å². The standard InChI is InChI=1S/C19H17N3O5S/c23-18(16-8-9-17(27-16)22(24)25)21-19-20-15(11-28-19)12-4-3-7-14(10-12)26-13-5-1-2-6-13/h3-4,7-11,13H,1-2,5-6H2,(H,20,21,23). The van der Waals surface area contributed by atoms with Crippen LogP contribution in [0.15, 0.2) is 46.2 Å². The van der Waals surface area contributed by atoms with E-state index < -0.39 is 16.7 Å². The van der Waals surface area contributed by atoms with Crippen LogP contribution in [0.25, 0.3) is 11.3 Å². The molecule has 1 aliphatic carbocycles. The van der Waals surface area contributed by atoms with Crippen LogP contribution in [0.4, 0.5) is 11.0 Å². The lowest BCUT2D eigenvalue weighted by Gasteiger charge is -2.13. The summed E-state index contributed by atoms with van der Waals surface area (Å²) < 4.78 is 10.9. The second-order valence-electron chi connectivity index (χ2n) is 6.44. The Morgan fingerprint density at radius 3 is 2.86 bits per heavy atom. The Bertz CT molecular complexity index is 1010. The number of nitrogens with zero attached hydrogens (tertiary/aromatic N) is 2. The number of thiazole rings is 1. The third-order valence-corrected chi connectivity index (χ3v) is 5.21. The van der Waals surface area contributed by atoms with E-state index >= 15 is 0 Å². The third-order valence-electron chi connectivity index (χ3n) is 4.45. The summed E-state index contributed by atoms with van der Waals surface area (Å²) >= 11 is 1.26. The number of benzene rings is 1. The van der Waals surface area contributed by atoms with Crippen LogP contribution >= 0.6 is 11.3 Å². The number of ether oxygens (including phenoxy) is 1. The average molecular weight is 399 g/mol. The topological polar surface area (TPSA) is 108 Å². The van der Waals surface area contributed by atoms with E-state index in [0.29, 0.717) is 10.8 Å². The smallest absolute Gasteiger partial charge is 0.433 e. The predicted octanol–water partition coefficient (Wildman–Crippen LogP) is 4.89. The highest BCUT2D eigenvalue weighted by molar-refractivity contribution is 7.14. The van der Waals surface area contributed by atoms with E-state index in [9.17, 15) is 14.9 Å². The molecule has 144 valence electrons. The quantitative estimate of drug-likeness (QED) is 0.467. The first kappa shape index (κ1) is 18.2. The van der Waals surface area contributed by atoms with E-state index in [2.05, 4.69) is 10.3 Å². The summed E-state index contributed by atoms with van der Waals surface area (Å²) in [5.74, 6) is -0.405. The monoisotopic (exact) mass is 399 g/mol. The van der Waals surface area contributed by atoms with Gasteiger partial charge in [-0.3, -0.25) is 20.2 Å². The summed E-state index contributed by atoms with van der Waals surface area (Å²) in [5.41, 5.74) is 1.60. The van der Waals surface area contributed by atoms with E-state index in [1.165, 1.54) is 30.2 Å². The fraction of sp³-hybridized carbons (Fsp3) is 0.263. The minimum Gasteiger partial charge on any atom is -0.490 e. The van der Waals surface area contributed by atoms with Crippen molar-refractivity contribution in [1.82, 2.24) is 4.98 Å². The maximum Gasteiger partial charge on any atom is 0.433 e. The van der Waals surface area contributed by atoms with Gasteiger partial charge in [0.25, 0.3) is 5.91 Å². The molecule has 8 nitrogen and oxygen atoms in total. The van der Waals surface area contributed by atoms with Crippen molar-refractivity contribution in [2.45, 2.75) is 31.8 Å². The molecule has 1 amide bonds. The largest absolute Gasteiger partial charge is 0.490 e. The van der Waals surface area contributed by atoms with Crippen molar-refractivity contribution in [3.63, 3.8) is 0 Å². The molecule has 0 unspecified atom stereocenters.